The summed E-state index contributed by atoms with van der Waals surface area (Å²) in [6, 6.07) is 29.2. The van der Waals surface area contributed by atoms with Gasteiger partial charge in [-0.05, 0) is 34.8 Å². The average molecular weight is 711 g/mol. The highest BCUT2D eigenvalue weighted by Gasteiger charge is 2.51. The molecule has 0 bridgehead atoms. The van der Waals surface area contributed by atoms with Crippen LogP contribution < -0.4 is 0 Å². The first-order valence-electron chi connectivity index (χ1n) is 17.5. The van der Waals surface area contributed by atoms with Crippen molar-refractivity contribution in [3.63, 3.8) is 0 Å². The molecule has 0 saturated carbocycles. The quantitative estimate of drug-likeness (QED) is 0.178. The normalized spacial score (nSPS) is 29.2. The van der Waals surface area contributed by atoms with Crippen molar-refractivity contribution in [3.05, 3.63) is 108 Å². The van der Waals surface area contributed by atoms with Crippen molar-refractivity contribution in [3.8, 4) is 0 Å². The molecule has 3 aromatic carbocycles. The maximum Gasteiger partial charge on any atom is 0.192 e. The van der Waals surface area contributed by atoms with Gasteiger partial charge in [-0.2, -0.15) is 0 Å². The predicted molar refractivity (Wildman–Crippen MR) is 190 cm³/mol. The first-order chi connectivity index (χ1) is 23.9. The second-order valence-electron chi connectivity index (χ2n) is 14.6. The second-order valence-corrected chi connectivity index (χ2v) is 19.4. The minimum atomic E-state index is -2.08. The number of hydrogen-bond acceptors (Lipinski definition) is 10. The van der Waals surface area contributed by atoms with Gasteiger partial charge in [0, 0.05) is 6.42 Å². The fourth-order valence-electron chi connectivity index (χ4n) is 5.86. The zero-order valence-electron chi connectivity index (χ0n) is 29.8. The molecule has 0 aliphatic carbocycles. The average Bonchev–Trinajstić information content (AvgIpc) is 3.10. The molecule has 0 radical (unpaired) electrons. The summed E-state index contributed by atoms with van der Waals surface area (Å²) in [7, 11) is -2.08. The molecule has 10 nitrogen and oxygen atoms in total. The molecule has 2 aliphatic heterocycles. The summed E-state index contributed by atoms with van der Waals surface area (Å²) in [5.41, 5.74) is 2.81. The minimum Gasteiger partial charge on any atom is -0.414 e. The summed E-state index contributed by atoms with van der Waals surface area (Å²) in [5, 5.41) is 33.1. The Morgan fingerprint density at radius 1 is 0.680 bits per heavy atom. The van der Waals surface area contributed by atoms with Gasteiger partial charge in [0.15, 0.2) is 20.9 Å². The SMILES string of the molecule is CC(C)(C)[Si](C)(C)OC[C@@H]1C[C@H](O)[C@@H](O[C@H]2O[C@H](CO)[C@@H](OCc3ccccc3)[C@H](OCc3ccccc3)[C@H]2OCc2ccccc2)[C@@H](O)O1. The van der Waals surface area contributed by atoms with Crippen molar-refractivity contribution in [2.75, 3.05) is 13.2 Å². The van der Waals surface area contributed by atoms with Crippen molar-refractivity contribution in [1.29, 1.82) is 0 Å². The fourth-order valence-corrected chi connectivity index (χ4v) is 6.90. The molecule has 2 heterocycles. The maximum atomic E-state index is 11.3. The number of aliphatic hydroxyl groups is 3. The molecule has 274 valence electrons. The van der Waals surface area contributed by atoms with Gasteiger partial charge in [0.1, 0.15) is 30.5 Å². The largest absolute Gasteiger partial charge is 0.414 e. The van der Waals surface area contributed by atoms with Crippen LogP contribution in [-0.4, -0.2) is 92.2 Å². The lowest BCUT2D eigenvalue weighted by atomic mass is 9.97. The molecule has 3 aromatic rings. The van der Waals surface area contributed by atoms with Crippen LogP contribution >= 0.6 is 0 Å². The molecular weight excluding hydrogens is 657 g/mol. The van der Waals surface area contributed by atoms with Gasteiger partial charge < -0.3 is 48.2 Å². The van der Waals surface area contributed by atoms with E-state index in [1.807, 2.05) is 91.0 Å². The molecule has 0 amide bonds. The van der Waals surface area contributed by atoms with Crippen molar-refractivity contribution in [2.45, 2.75) is 120 Å². The van der Waals surface area contributed by atoms with Crippen LogP contribution in [0.5, 0.6) is 0 Å². The van der Waals surface area contributed by atoms with Crippen LogP contribution in [0, 0.1) is 0 Å². The zero-order valence-corrected chi connectivity index (χ0v) is 30.8. The van der Waals surface area contributed by atoms with Crippen molar-refractivity contribution >= 4 is 8.32 Å². The molecule has 0 aromatic heterocycles. The van der Waals surface area contributed by atoms with Gasteiger partial charge in [0.2, 0.25) is 0 Å². The Labute approximate surface area is 297 Å². The van der Waals surface area contributed by atoms with Gasteiger partial charge in [-0.15, -0.1) is 0 Å². The van der Waals surface area contributed by atoms with Gasteiger partial charge in [-0.25, -0.2) is 0 Å². The van der Waals surface area contributed by atoms with E-state index >= 15 is 0 Å². The molecule has 50 heavy (non-hydrogen) atoms. The number of hydrogen-bond donors (Lipinski definition) is 3. The van der Waals surface area contributed by atoms with E-state index in [1.165, 1.54) is 0 Å². The van der Waals surface area contributed by atoms with Gasteiger partial charge in [0.25, 0.3) is 0 Å². The molecule has 3 N–H and O–H groups in total. The van der Waals surface area contributed by atoms with Crippen LogP contribution in [0.3, 0.4) is 0 Å². The first-order valence-corrected chi connectivity index (χ1v) is 20.4. The third-order valence-electron chi connectivity index (χ3n) is 9.85. The van der Waals surface area contributed by atoms with Gasteiger partial charge >= 0.3 is 0 Å². The number of ether oxygens (including phenoxy) is 6. The second kappa shape index (κ2) is 17.8. The highest BCUT2D eigenvalue weighted by atomic mass is 28.4. The Morgan fingerprint density at radius 2 is 1.16 bits per heavy atom. The topological polar surface area (TPSA) is 125 Å². The summed E-state index contributed by atoms with van der Waals surface area (Å²) in [5.74, 6) is 0. The maximum absolute atomic E-state index is 11.3. The summed E-state index contributed by atoms with van der Waals surface area (Å²) >= 11 is 0. The Balaban J connectivity index is 1.38. The monoisotopic (exact) mass is 710 g/mol. The summed E-state index contributed by atoms with van der Waals surface area (Å²) in [4.78, 5) is 0. The van der Waals surface area contributed by atoms with Crippen molar-refractivity contribution < 1.29 is 48.2 Å². The molecular formula is C39H54O10Si. The third kappa shape index (κ3) is 10.3. The lowest BCUT2D eigenvalue weighted by Gasteiger charge is -2.47. The van der Waals surface area contributed by atoms with Gasteiger partial charge in [-0.3, -0.25) is 0 Å². The Hall–Kier alpha value is -2.52. The zero-order chi connectivity index (χ0) is 35.7. The fraction of sp³-hybridized carbons (Fsp3) is 0.538. The standard InChI is InChI=1S/C39H54O10Si/c1-39(2,3)50(4,5)46-26-30-21-31(41)33(37(42)47-30)49-38-36(45-25-29-19-13-8-14-20-29)35(44-24-28-17-11-7-12-18-28)34(32(22-40)48-38)43-23-27-15-9-6-10-16-27/h6-20,30-38,40-42H,21-26H2,1-5H3/t30-,31-,32+,33+,34+,35-,36+,37-,38+/m0/s1. The van der Waals surface area contributed by atoms with Crippen molar-refractivity contribution in [2.24, 2.45) is 0 Å². The number of benzene rings is 3. The molecule has 11 heteroatoms. The van der Waals surface area contributed by atoms with E-state index in [1.54, 1.807) is 0 Å². The van der Waals surface area contributed by atoms with E-state index in [9.17, 15) is 15.3 Å². The Kier molecular flexibility index (Phi) is 13.8. The highest BCUT2D eigenvalue weighted by Crippen LogP contribution is 2.38. The lowest BCUT2D eigenvalue weighted by molar-refractivity contribution is -0.364. The molecule has 2 aliphatic rings. The van der Waals surface area contributed by atoms with E-state index in [0.717, 1.165) is 16.7 Å². The van der Waals surface area contributed by atoms with Crippen molar-refractivity contribution in [1.82, 2.24) is 0 Å². The smallest absolute Gasteiger partial charge is 0.192 e. The summed E-state index contributed by atoms with van der Waals surface area (Å²) < 4.78 is 44.6. The summed E-state index contributed by atoms with van der Waals surface area (Å²) in [6.45, 7) is 11.3. The van der Waals surface area contributed by atoms with Crippen LogP contribution in [0.15, 0.2) is 91.0 Å². The molecule has 9 atom stereocenters. The van der Waals surface area contributed by atoms with E-state index < -0.39 is 70.2 Å². The molecule has 0 spiro atoms. The number of rotatable bonds is 15. The molecule has 5 rings (SSSR count). The third-order valence-corrected chi connectivity index (χ3v) is 14.4. The Morgan fingerprint density at radius 3 is 1.62 bits per heavy atom. The van der Waals surface area contributed by atoms with Crippen LogP contribution in [0.1, 0.15) is 43.9 Å². The predicted octanol–water partition coefficient (Wildman–Crippen LogP) is 5.34. The highest BCUT2D eigenvalue weighted by molar-refractivity contribution is 6.74. The first kappa shape index (κ1) is 38.7. The van der Waals surface area contributed by atoms with E-state index in [2.05, 4.69) is 33.9 Å². The van der Waals surface area contributed by atoms with Gasteiger partial charge in [-0.1, -0.05) is 112 Å². The number of aliphatic hydroxyl groups excluding tert-OH is 3. The van der Waals surface area contributed by atoms with E-state index in [-0.39, 0.29) is 37.9 Å². The molecule has 0 unspecified atom stereocenters. The van der Waals surface area contributed by atoms with Crippen LogP contribution in [0.25, 0.3) is 0 Å². The molecule has 2 saturated heterocycles. The van der Waals surface area contributed by atoms with Crippen LogP contribution in [0.4, 0.5) is 0 Å². The van der Waals surface area contributed by atoms with Crippen LogP contribution in [0.2, 0.25) is 18.1 Å². The lowest BCUT2D eigenvalue weighted by Crippen LogP contribution is -2.63. The summed E-state index contributed by atoms with van der Waals surface area (Å²) in [6.07, 6.45) is -8.49. The van der Waals surface area contributed by atoms with E-state index in [4.69, 9.17) is 32.8 Å². The van der Waals surface area contributed by atoms with E-state index in [0.29, 0.717) is 0 Å². The van der Waals surface area contributed by atoms with Crippen LogP contribution in [-0.2, 0) is 52.7 Å². The Bertz CT molecular complexity index is 1390. The molecule has 2 fully saturated rings. The van der Waals surface area contributed by atoms with Gasteiger partial charge in [0.05, 0.1) is 45.2 Å². The minimum absolute atomic E-state index is 0.00265.